The summed E-state index contributed by atoms with van der Waals surface area (Å²) in [5, 5.41) is 14.8. The van der Waals surface area contributed by atoms with Crippen LogP contribution in [0.4, 0.5) is 39.2 Å². The molecule has 0 bridgehead atoms. The van der Waals surface area contributed by atoms with E-state index in [1.165, 1.54) is 0 Å². The number of amides is 2. The van der Waals surface area contributed by atoms with Gasteiger partial charge in [0.25, 0.3) is 0 Å². The maximum absolute atomic E-state index is 12.2. The Hall–Kier alpha value is -7.63. The molecule has 0 atom stereocenters. The smallest absolute Gasteiger partial charge is 0.323 e. The lowest BCUT2D eigenvalue weighted by molar-refractivity contribution is 0.122. The first-order valence-corrected chi connectivity index (χ1v) is 19.4. The lowest BCUT2D eigenvalue weighted by atomic mass is 10.2. The molecule has 2 aliphatic heterocycles. The summed E-state index contributed by atoms with van der Waals surface area (Å²) < 4.78 is 14.6. The minimum atomic E-state index is -0.321. The first kappa shape index (κ1) is 41.5. The molecule has 2 aromatic carbocycles. The van der Waals surface area contributed by atoms with Crippen molar-refractivity contribution in [1.82, 2.24) is 39.2 Å². The van der Waals surface area contributed by atoms with Crippen LogP contribution >= 0.6 is 0 Å². The first-order chi connectivity index (χ1) is 29.5. The fraction of sp³-hybridized carbons (Fsp3) is 0.205. The van der Waals surface area contributed by atoms with Gasteiger partial charge < -0.3 is 41.4 Å². The van der Waals surface area contributed by atoms with Gasteiger partial charge in [-0.2, -0.15) is 0 Å². The van der Waals surface area contributed by atoms with Crippen molar-refractivity contribution in [2.24, 2.45) is 0 Å². The summed E-state index contributed by atoms with van der Waals surface area (Å²) in [7, 11) is 0. The molecule has 2 amide bonds. The van der Waals surface area contributed by atoms with Crippen LogP contribution in [0, 0.1) is 0 Å². The van der Waals surface area contributed by atoms with Gasteiger partial charge in [-0.15, -0.1) is 10.2 Å². The van der Waals surface area contributed by atoms with Gasteiger partial charge in [-0.05, 0) is 97.1 Å². The number of morpholine rings is 2. The molecule has 0 saturated carbocycles. The molecule has 6 N–H and O–H groups in total. The molecule has 2 aliphatic rings. The van der Waals surface area contributed by atoms with E-state index in [1.807, 2.05) is 94.2 Å². The summed E-state index contributed by atoms with van der Waals surface area (Å²) in [6, 6.07) is 29.7. The van der Waals surface area contributed by atoms with Crippen molar-refractivity contribution >= 4 is 51.4 Å². The number of rotatable bonds is 6. The highest BCUT2D eigenvalue weighted by Gasteiger charge is 2.20. The van der Waals surface area contributed by atoms with E-state index in [0.29, 0.717) is 36.2 Å². The molecule has 8 aromatic rings. The van der Waals surface area contributed by atoms with Crippen LogP contribution in [0.25, 0.3) is 33.8 Å². The molecule has 61 heavy (non-hydrogen) atoms. The van der Waals surface area contributed by atoms with Gasteiger partial charge in [0.05, 0.1) is 26.4 Å². The van der Waals surface area contributed by atoms with Gasteiger partial charge in [-0.3, -0.25) is 9.97 Å². The number of fused-ring (bicyclic) bond motifs is 2. The summed E-state index contributed by atoms with van der Waals surface area (Å²) in [5.41, 5.74) is 17.7. The van der Waals surface area contributed by atoms with E-state index in [0.717, 1.165) is 84.6 Å². The van der Waals surface area contributed by atoms with Crippen molar-refractivity contribution < 1.29 is 14.3 Å². The molecular weight excluding hydrogens is 773 g/mol. The molecule has 10 rings (SSSR count). The number of benzene rings is 2. The topological polar surface area (TPSA) is 204 Å². The third-order valence-electron chi connectivity index (χ3n) is 9.58. The Kier molecular flexibility index (Phi) is 13.5. The Morgan fingerprint density at radius 2 is 0.951 bits per heavy atom. The van der Waals surface area contributed by atoms with Crippen LogP contribution < -0.4 is 31.9 Å². The Morgan fingerprint density at radius 3 is 1.39 bits per heavy atom. The number of nitrogens with two attached hydrogens (primary N) is 2. The molecular formula is C44H48N14O3. The van der Waals surface area contributed by atoms with Crippen LogP contribution in [0.15, 0.2) is 134 Å². The molecule has 2 saturated heterocycles. The van der Waals surface area contributed by atoms with Gasteiger partial charge in [-0.25, -0.2) is 23.8 Å². The van der Waals surface area contributed by atoms with Crippen LogP contribution in [-0.4, -0.2) is 97.8 Å². The molecule has 6 aromatic heterocycles. The standard InChI is InChI=1S/C22H21N7O2.C16H17N5O.C5H6N2.CH4/c30-22(25-18-7-9-23-10-8-18)24-17-5-3-16(4-6-17)20-26-21(28-12-14-31-15-13-28)19-2-1-11-29(19)27-20;17-13-5-3-12(4-6-13)15-18-16(20-8-10-22-11-9-20)14-2-1-7-21(14)19-15;6-5-1-3-7-4-2-5;/h1-11H,12-15H2,(H2,23,24,25,30);1-7H,8-11,17H2;1-4H,(H2,6,7);1H4. The van der Waals surface area contributed by atoms with Crippen LogP contribution in [0.5, 0.6) is 0 Å². The highest BCUT2D eigenvalue weighted by Crippen LogP contribution is 2.27. The Balaban J connectivity index is 0.000000162. The van der Waals surface area contributed by atoms with Crippen molar-refractivity contribution in [3.8, 4) is 22.8 Å². The van der Waals surface area contributed by atoms with Crippen molar-refractivity contribution in [2.45, 2.75) is 7.43 Å². The van der Waals surface area contributed by atoms with E-state index in [2.05, 4.69) is 40.6 Å². The fourth-order valence-corrected chi connectivity index (χ4v) is 6.52. The predicted octanol–water partition coefficient (Wildman–Crippen LogP) is 6.39. The average molecular weight is 821 g/mol. The zero-order valence-electron chi connectivity index (χ0n) is 32.7. The number of hydrogen-bond donors (Lipinski definition) is 4. The number of carbonyl (C=O) groups excluding carboxylic acids is 1. The van der Waals surface area contributed by atoms with Crippen LogP contribution in [0.3, 0.4) is 0 Å². The van der Waals surface area contributed by atoms with E-state index in [4.69, 9.17) is 30.9 Å². The summed E-state index contributed by atoms with van der Waals surface area (Å²) >= 11 is 0. The van der Waals surface area contributed by atoms with E-state index in [9.17, 15) is 4.79 Å². The van der Waals surface area contributed by atoms with Gasteiger partial charge in [-0.1, -0.05) is 7.43 Å². The Morgan fingerprint density at radius 1 is 0.541 bits per heavy atom. The van der Waals surface area contributed by atoms with Crippen molar-refractivity contribution in [2.75, 3.05) is 84.5 Å². The van der Waals surface area contributed by atoms with Crippen molar-refractivity contribution in [3.63, 3.8) is 0 Å². The Labute approximate surface area is 353 Å². The molecule has 2 fully saturated rings. The molecule has 8 heterocycles. The summed E-state index contributed by atoms with van der Waals surface area (Å²) in [4.78, 5) is 34.0. The normalized spacial score (nSPS) is 13.6. The highest BCUT2D eigenvalue weighted by molar-refractivity contribution is 5.99. The molecule has 0 aliphatic carbocycles. The largest absolute Gasteiger partial charge is 0.399 e. The van der Waals surface area contributed by atoms with Crippen LogP contribution in [0.2, 0.25) is 0 Å². The fourth-order valence-electron chi connectivity index (χ4n) is 6.52. The second-order valence-electron chi connectivity index (χ2n) is 13.7. The lowest BCUT2D eigenvalue weighted by Gasteiger charge is -2.28. The maximum atomic E-state index is 12.2. The molecule has 17 heteroatoms. The van der Waals surface area contributed by atoms with E-state index in [1.54, 1.807) is 49.1 Å². The van der Waals surface area contributed by atoms with E-state index < -0.39 is 0 Å². The lowest BCUT2D eigenvalue weighted by Crippen LogP contribution is -2.37. The number of urea groups is 1. The van der Waals surface area contributed by atoms with Crippen molar-refractivity contribution in [3.05, 3.63) is 134 Å². The number of nitrogen functional groups attached to an aromatic ring is 2. The predicted molar refractivity (Wildman–Crippen MR) is 240 cm³/mol. The van der Waals surface area contributed by atoms with Gasteiger partial charge in [0, 0.05) is 97.2 Å². The van der Waals surface area contributed by atoms with Crippen LogP contribution in [0.1, 0.15) is 7.43 Å². The second-order valence-corrected chi connectivity index (χ2v) is 13.7. The number of aromatic nitrogens is 8. The van der Waals surface area contributed by atoms with Crippen LogP contribution in [-0.2, 0) is 9.47 Å². The molecule has 0 unspecified atom stereocenters. The maximum Gasteiger partial charge on any atom is 0.323 e. The highest BCUT2D eigenvalue weighted by atomic mass is 16.5. The Bertz CT molecular complexity index is 2610. The zero-order chi connectivity index (χ0) is 41.1. The van der Waals surface area contributed by atoms with Gasteiger partial charge in [0.15, 0.2) is 23.3 Å². The average Bonchev–Trinajstić information content (AvgIpc) is 3.98. The van der Waals surface area contributed by atoms with E-state index in [-0.39, 0.29) is 13.5 Å². The van der Waals surface area contributed by atoms with Crippen molar-refractivity contribution in [1.29, 1.82) is 0 Å². The molecule has 17 nitrogen and oxygen atoms in total. The molecule has 0 spiro atoms. The third kappa shape index (κ3) is 10.5. The third-order valence-corrected chi connectivity index (χ3v) is 9.58. The number of pyridine rings is 2. The minimum Gasteiger partial charge on any atom is -0.399 e. The monoisotopic (exact) mass is 820 g/mol. The number of hydrogen-bond acceptors (Lipinski definition) is 13. The van der Waals surface area contributed by atoms with Gasteiger partial charge in [0.2, 0.25) is 0 Å². The summed E-state index contributed by atoms with van der Waals surface area (Å²) in [5.74, 6) is 3.18. The number of anilines is 6. The zero-order valence-corrected chi connectivity index (χ0v) is 32.7. The van der Waals surface area contributed by atoms with Gasteiger partial charge in [0.1, 0.15) is 11.0 Å². The quantitative estimate of drug-likeness (QED) is 0.135. The number of nitrogens with one attached hydrogen (secondary N) is 2. The summed E-state index contributed by atoms with van der Waals surface area (Å²) in [6.45, 7) is 6.13. The number of ether oxygens (including phenoxy) is 2. The van der Waals surface area contributed by atoms with E-state index >= 15 is 0 Å². The molecule has 312 valence electrons. The number of carbonyl (C=O) groups is 1. The second kappa shape index (κ2) is 19.9. The first-order valence-electron chi connectivity index (χ1n) is 19.4. The SMILES string of the molecule is C.Nc1ccc(-c2nc(N3CCOCC3)c3cccn3n2)cc1.Nc1ccncc1.O=C(Nc1ccncc1)Nc1ccc(-c2nc(N3CCOCC3)c3cccn3n2)cc1. The summed E-state index contributed by atoms with van der Waals surface area (Å²) in [6.07, 6.45) is 10.4. The number of nitrogens with zero attached hydrogens (tertiary/aromatic N) is 10. The van der Waals surface area contributed by atoms with Gasteiger partial charge >= 0.3 is 6.03 Å². The minimum absolute atomic E-state index is 0. The molecule has 0 radical (unpaired) electrons.